The highest BCUT2D eigenvalue weighted by Gasteiger charge is 2.27. The molecule has 0 spiro atoms. The number of thiocarbonyl (C=S) groups is 1. The van der Waals surface area contributed by atoms with Crippen LogP contribution in [-0.4, -0.2) is 51.4 Å². The number of para-hydroxylation sites is 1. The highest BCUT2D eigenvalue weighted by atomic mass is 32.1. The summed E-state index contributed by atoms with van der Waals surface area (Å²) in [5.74, 6) is 0.0167. The van der Waals surface area contributed by atoms with Crippen molar-refractivity contribution < 1.29 is 9.59 Å². The summed E-state index contributed by atoms with van der Waals surface area (Å²) in [7, 11) is 1.66. The molecular formula is C23H28N4O2S. The zero-order chi connectivity index (χ0) is 21.3. The van der Waals surface area contributed by atoms with Gasteiger partial charge in [0.2, 0.25) is 5.91 Å². The van der Waals surface area contributed by atoms with Crippen LogP contribution >= 0.6 is 12.2 Å². The first kappa shape index (κ1) is 20.6. The second-order valence-corrected chi connectivity index (χ2v) is 8.41. The number of likely N-dealkylation sites (N-methyl/N-ethyl adjacent to an activating group) is 1. The maximum Gasteiger partial charge on any atom is 0.276 e. The molecule has 4 rings (SSSR count). The molecule has 0 aliphatic carbocycles. The van der Waals surface area contributed by atoms with E-state index in [1.165, 1.54) is 23.3 Å². The van der Waals surface area contributed by atoms with Crippen LogP contribution < -0.4 is 5.32 Å². The van der Waals surface area contributed by atoms with Crippen molar-refractivity contribution in [2.75, 3.05) is 20.1 Å². The first-order valence-corrected chi connectivity index (χ1v) is 11.1. The Morgan fingerprint density at radius 3 is 2.57 bits per heavy atom. The summed E-state index contributed by atoms with van der Waals surface area (Å²) in [6.45, 7) is 4.13. The van der Waals surface area contributed by atoms with Crippen LogP contribution in [0.5, 0.6) is 0 Å². The lowest BCUT2D eigenvalue weighted by Crippen LogP contribution is -2.34. The fraction of sp³-hybridized carbons (Fsp3) is 0.435. The molecule has 158 valence electrons. The summed E-state index contributed by atoms with van der Waals surface area (Å²) in [4.78, 5) is 28.9. The fourth-order valence-electron chi connectivity index (χ4n) is 4.34. The van der Waals surface area contributed by atoms with Gasteiger partial charge >= 0.3 is 0 Å². The van der Waals surface area contributed by atoms with Crippen molar-refractivity contribution in [3.8, 4) is 0 Å². The number of nitrogens with zero attached hydrogens (tertiary/aromatic N) is 3. The van der Waals surface area contributed by atoms with E-state index < -0.39 is 0 Å². The zero-order valence-corrected chi connectivity index (χ0v) is 18.4. The lowest BCUT2D eigenvalue weighted by Gasteiger charge is -2.21. The molecule has 0 atom stereocenters. The predicted molar refractivity (Wildman–Crippen MR) is 123 cm³/mol. The Balaban J connectivity index is 1.72. The van der Waals surface area contributed by atoms with E-state index in [1.54, 1.807) is 7.05 Å². The number of benzene rings is 1. The molecule has 0 unspecified atom stereocenters. The molecule has 6 nitrogen and oxygen atoms in total. The summed E-state index contributed by atoms with van der Waals surface area (Å²) in [5, 5.41) is 4.43. The van der Waals surface area contributed by atoms with Crippen molar-refractivity contribution >= 4 is 46.1 Å². The second-order valence-electron chi connectivity index (χ2n) is 8.03. The minimum atomic E-state index is -0.145. The Morgan fingerprint density at radius 2 is 1.93 bits per heavy atom. The number of aryl methyl sites for hydroxylation is 1. The van der Waals surface area contributed by atoms with E-state index in [0.29, 0.717) is 17.4 Å². The molecule has 2 fully saturated rings. The van der Waals surface area contributed by atoms with Crippen LogP contribution in [0.2, 0.25) is 0 Å². The number of hydrogen-bond donors (Lipinski definition) is 1. The molecule has 2 aromatic rings. The van der Waals surface area contributed by atoms with Gasteiger partial charge in [0, 0.05) is 37.3 Å². The molecule has 0 radical (unpaired) electrons. The van der Waals surface area contributed by atoms with Crippen LogP contribution in [0.25, 0.3) is 17.0 Å². The summed E-state index contributed by atoms with van der Waals surface area (Å²) in [6.07, 6.45) is 9.26. The number of likely N-dealkylation sites (tertiary alicyclic amines) is 1. The molecule has 30 heavy (non-hydrogen) atoms. The first-order valence-electron chi connectivity index (χ1n) is 10.7. The fourth-order valence-corrected chi connectivity index (χ4v) is 4.53. The van der Waals surface area contributed by atoms with Crippen molar-refractivity contribution in [2.45, 2.75) is 45.6 Å². The molecule has 2 aliphatic rings. The summed E-state index contributed by atoms with van der Waals surface area (Å²) in [5.41, 5.74) is 3.63. The van der Waals surface area contributed by atoms with Gasteiger partial charge in [0.25, 0.3) is 5.91 Å². The van der Waals surface area contributed by atoms with Crippen LogP contribution in [0.15, 0.2) is 30.1 Å². The third-order valence-electron chi connectivity index (χ3n) is 6.04. The average molecular weight is 425 g/mol. The number of carbonyl (C=O) groups excluding carboxylic acids is 2. The number of hydrogen-bond acceptors (Lipinski definition) is 3. The monoisotopic (exact) mass is 424 g/mol. The van der Waals surface area contributed by atoms with Crippen molar-refractivity contribution in [2.24, 2.45) is 0 Å². The average Bonchev–Trinajstić information content (AvgIpc) is 3.06. The van der Waals surface area contributed by atoms with Crippen molar-refractivity contribution in [1.82, 2.24) is 19.7 Å². The maximum absolute atomic E-state index is 13.1. The molecule has 0 saturated carbocycles. The standard InChI is InChI=1S/C23H28N4O2S/c1-3-16-9-8-10-18-17(13-19-22(29)25(2)23(30)24-19)14-27(21(16)18)15-20(28)26-11-6-4-5-7-12-26/h8-10,13-14H,3-7,11-12,15H2,1-2H3,(H,24,30)/b19-13-. The largest absolute Gasteiger partial charge is 0.341 e. The quantitative estimate of drug-likeness (QED) is 0.604. The van der Waals surface area contributed by atoms with E-state index in [4.69, 9.17) is 12.2 Å². The van der Waals surface area contributed by atoms with Gasteiger partial charge < -0.3 is 14.8 Å². The smallest absolute Gasteiger partial charge is 0.276 e. The van der Waals surface area contributed by atoms with E-state index in [1.807, 2.05) is 23.2 Å². The SMILES string of the molecule is CCc1cccc2c(/C=C3\NC(=S)N(C)C3=O)cn(CC(=O)N3CCCCCC3)c12. The molecule has 2 aliphatic heterocycles. The number of nitrogens with one attached hydrogen (secondary N) is 1. The van der Waals surface area contributed by atoms with Gasteiger partial charge in [-0.15, -0.1) is 0 Å². The molecule has 1 aromatic heterocycles. The Bertz CT molecular complexity index is 1030. The van der Waals surface area contributed by atoms with Gasteiger partial charge in [0.05, 0.1) is 5.52 Å². The lowest BCUT2D eigenvalue weighted by atomic mass is 10.1. The minimum Gasteiger partial charge on any atom is -0.341 e. The molecule has 1 N–H and O–H groups in total. The van der Waals surface area contributed by atoms with Gasteiger partial charge in [0.15, 0.2) is 5.11 Å². The van der Waals surface area contributed by atoms with E-state index >= 15 is 0 Å². The summed E-state index contributed by atoms with van der Waals surface area (Å²) in [6, 6.07) is 6.19. The summed E-state index contributed by atoms with van der Waals surface area (Å²) >= 11 is 5.19. The molecule has 3 heterocycles. The van der Waals surface area contributed by atoms with Crippen molar-refractivity contribution in [3.63, 3.8) is 0 Å². The molecule has 0 bridgehead atoms. The van der Waals surface area contributed by atoms with Gasteiger partial charge in [-0.2, -0.15) is 0 Å². The maximum atomic E-state index is 13.1. The molecule has 7 heteroatoms. The van der Waals surface area contributed by atoms with Gasteiger partial charge in [-0.3, -0.25) is 14.5 Å². The second kappa shape index (κ2) is 8.60. The van der Waals surface area contributed by atoms with Crippen LogP contribution in [0.1, 0.15) is 43.7 Å². The van der Waals surface area contributed by atoms with Crippen LogP contribution in [0.3, 0.4) is 0 Å². The third-order valence-corrected chi connectivity index (χ3v) is 6.42. The number of amides is 2. The number of carbonyl (C=O) groups is 2. The van der Waals surface area contributed by atoms with E-state index in [2.05, 4.69) is 28.9 Å². The molecule has 1 aromatic carbocycles. The highest BCUT2D eigenvalue weighted by Crippen LogP contribution is 2.28. The first-order chi connectivity index (χ1) is 14.5. The Labute approximate surface area is 182 Å². The van der Waals surface area contributed by atoms with E-state index in [-0.39, 0.29) is 11.8 Å². The van der Waals surface area contributed by atoms with Crippen LogP contribution in [0.4, 0.5) is 0 Å². The highest BCUT2D eigenvalue weighted by molar-refractivity contribution is 7.80. The molecule has 2 amide bonds. The lowest BCUT2D eigenvalue weighted by molar-refractivity contribution is -0.131. The predicted octanol–water partition coefficient (Wildman–Crippen LogP) is 3.29. The number of rotatable bonds is 4. The Hall–Kier alpha value is -2.67. The van der Waals surface area contributed by atoms with Gasteiger partial charge in [-0.05, 0) is 43.1 Å². The zero-order valence-electron chi connectivity index (χ0n) is 17.6. The van der Waals surface area contributed by atoms with E-state index in [9.17, 15) is 9.59 Å². The normalized spacial score (nSPS) is 18.9. The Morgan fingerprint density at radius 1 is 1.20 bits per heavy atom. The van der Waals surface area contributed by atoms with Gasteiger partial charge in [-0.25, -0.2) is 0 Å². The minimum absolute atomic E-state index is 0.145. The van der Waals surface area contributed by atoms with Crippen molar-refractivity contribution in [1.29, 1.82) is 0 Å². The summed E-state index contributed by atoms with van der Waals surface area (Å²) < 4.78 is 2.05. The van der Waals surface area contributed by atoms with Crippen LogP contribution in [-0.2, 0) is 22.6 Å². The topological polar surface area (TPSA) is 57.6 Å². The molecular weight excluding hydrogens is 396 g/mol. The van der Waals surface area contributed by atoms with Gasteiger partial charge in [-0.1, -0.05) is 38.0 Å². The third kappa shape index (κ3) is 3.86. The number of aromatic nitrogens is 1. The Kier molecular flexibility index (Phi) is 5.90. The van der Waals surface area contributed by atoms with Crippen LogP contribution in [0, 0.1) is 0 Å². The molecule has 2 saturated heterocycles. The van der Waals surface area contributed by atoms with E-state index in [0.717, 1.165) is 48.8 Å². The van der Waals surface area contributed by atoms with Gasteiger partial charge in [0.1, 0.15) is 12.2 Å². The number of fused-ring (bicyclic) bond motifs is 1. The van der Waals surface area contributed by atoms with Crippen molar-refractivity contribution in [3.05, 3.63) is 41.2 Å².